The Morgan fingerprint density at radius 3 is 2.41 bits per heavy atom. The number of carbonyl (C=O) groups is 1. The number of hydrogen-bond acceptors (Lipinski definition) is 5. The topological polar surface area (TPSA) is 80.1 Å². The first-order valence-electron chi connectivity index (χ1n) is 8.78. The molecule has 0 atom stereocenters. The van der Waals surface area contributed by atoms with E-state index in [4.69, 9.17) is 4.74 Å². The highest BCUT2D eigenvalue weighted by atomic mass is 32.2. The maximum Gasteiger partial charge on any atom is 0.339 e. The second-order valence-corrected chi connectivity index (χ2v) is 8.21. The lowest BCUT2D eigenvalue weighted by Gasteiger charge is -2.33. The number of piperazine rings is 1. The van der Waals surface area contributed by atoms with Gasteiger partial charge in [-0.1, -0.05) is 24.3 Å². The minimum absolute atomic E-state index is 0.00757. The van der Waals surface area contributed by atoms with Crippen LogP contribution in [0.2, 0.25) is 0 Å². The van der Waals surface area contributed by atoms with E-state index in [1.807, 2.05) is 12.1 Å². The molecular formula is C19H24N3O4S+. The largest absolute Gasteiger partial charge is 0.465 e. The fourth-order valence-electron chi connectivity index (χ4n) is 3.14. The summed E-state index contributed by atoms with van der Waals surface area (Å²) < 4.78 is 33.3. The Hall–Kier alpha value is -2.58. The number of nitrogens with one attached hydrogen (secondary N) is 2. The van der Waals surface area contributed by atoms with Gasteiger partial charge in [0, 0.05) is 0 Å². The van der Waals surface area contributed by atoms with Crippen molar-refractivity contribution < 1.29 is 22.8 Å². The molecule has 0 amide bonds. The standard InChI is InChI=1S/C19H23N3O4S/c1-21-11-13-22(14-12-21)17-9-5-4-8-16(17)20-27(24,25)18-10-6-3-7-15(18)19(23)26-2/h3-10,20H,11-14H2,1-2H3/p+1. The highest BCUT2D eigenvalue weighted by Crippen LogP contribution is 2.29. The number of esters is 1. The maximum atomic E-state index is 13.0. The van der Waals surface area contributed by atoms with Crippen LogP contribution in [0.1, 0.15) is 10.4 Å². The minimum Gasteiger partial charge on any atom is -0.465 e. The molecule has 1 heterocycles. The molecule has 1 fully saturated rings. The number of rotatable bonds is 5. The summed E-state index contributed by atoms with van der Waals surface area (Å²) in [5.41, 5.74) is 1.34. The molecule has 0 aromatic heterocycles. The Kier molecular flexibility index (Phi) is 5.67. The van der Waals surface area contributed by atoms with Crippen molar-refractivity contribution in [1.82, 2.24) is 0 Å². The molecule has 144 valence electrons. The third-order valence-corrected chi connectivity index (χ3v) is 6.11. The van der Waals surface area contributed by atoms with Gasteiger partial charge in [0.05, 0.1) is 57.3 Å². The first-order valence-corrected chi connectivity index (χ1v) is 10.3. The van der Waals surface area contributed by atoms with Gasteiger partial charge in [0.15, 0.2) is 0 Å². The lowest BCUT2D eigenvalue weighted by molar-refractivity contribution is -0.880. The van der Waals surface area contributed by atoms with Crippen molar-refractivity contribution in [2.24, 2.45) is 0 Å². The van der Waals surface area contributed by atoms with E-state index in [-0.39, 0.29) is 10.5 Å². The zero-order valence-electron chi connectivity index (χ0n) is 15.4. The summed E-state index contributed by atoms with van der Waals surface area (Å²) in [6.07, 6.45) is 0. The van der Waals surface area contributed by atoms with E-state index in [1.54, 1.807) is 24.3 Å². The van der Waals surface area contributed by atoms with Crippen LogP contribution in [-0.4, -0.2) is 54.7 Å². The van der Waals surface area contributed by atoms with Crippen LogP contribution in [-0.2, 0) is 14.8 Å². The van der Waals surface area contributed by atoms with Gasteiger partial charge < -0.3 is 14.5 Å². The molecule has 2 N–H and O–H groups in total. The van der Waals surface area contributed by atoms with Crippen molar-refractivity contribution in [2.75, 3.05) is 50.0 Å². The highest BCUT2D eigenvalue weighted by Gasteiger charge is 2.25. The summed E-state index contributed by atoms with van der Waals surface area (Å²) >= 11 is 0. The van der Waals surface area contributed by atoms with Crippen molar-refractivity contribution in [3.8, 4) is 0 Å². The second-order valence-electron chi connectivity index (χ2n) is 6.55. The van der Waals surface area contributed by atoms with Crippen LogP contribution in [0, 0.1) is 0 Å². The molecule has 8 heteroatoms. The fourth-order valence-corrected chi connectivity index (χ4v) is 4.42. The molecule has 27 heavy (non-hydrogen) atoms. The van der Waals surface area contributed by atoms with Gasteiger partial charge in [-0.3, -0.25) is 4.72 Å². The van der Waals surface area contributed by atoms with Crippen LogP contribution < -0.4 is 14.5 Å². The van der Waals surface area contributed by atoms with Gasteiger partial charge in [0.1, 0.15) is 4.90 Å². The first kappa shape index (κ1) is 19.2. The van der Waals surface area contributed by atoms with Gasteiger partial charge in [-0.2, -0.15) is 0 Å². The predicted molar refractivity (Wildman–Crippen MR) is 104 cm³/mol. The molecule has 7 nitrogen and oxygen atoms in total. The van der Waals surface area contributed by atoms with Crippen molar-refractivity contribution in [3.63, 3.8) is 0 Å². The molecule has 3 rings (SSSR count). The molecule has 0 saturated carbocycles. The molecule has 1 aliphatic rings. The van der Waals surface area contributed by atoms with Gasteiger partial charge in [0.2, 0.25) is 0 Å². The third-order valence-electron chi connectivity index (χ3n) is 4.69. The summed E-state index contributed by atoms with van der Waals surface area (Å²) in [5, 5.41) is 0. The summed E-state index contributed by atoms with van der Waals surface area (Å²) in [7, 11) is -0.579. The molecule has 2 aromatic carbocycles. The average molecular weight is 390 g/mol. The van der Waals surface area contributed by atoms with Gasteiger partial charge in [0.25, 0.3) is 10.0 Å². The van der Waals surface area contributed by atoms with Gasteiger partial charge >= 0.3 is 5.97 Å². The minimum atomic E-state index is -3.95. The van der Waals surface area contributed by atoms with E-state index in [0.29, 0.717) is 5.69 Å². The lowest BCUT2D eigenvalue weighted by atomic mass is 10.2. The van der Waals surface area contributed by atoms with E-state index in [9.17, 15) is 13.2 Å². The SMILES string of the molecule is COC(=O)c1ccccc1S(=O)(=O)Nc1ccccc1N1CC[NH+](C)CC1. The zero-order chi connectivity index (χ0) is 19.4. The van der Waals surface area contributed by atoms with Gasteiger partial charge in [-0.05, 0) is 24.3 Å². The molecule has 0 spiro atoms. The van der Waals surface area contributed by atoms with E-state index >= 15 is 0 Å². The van der Waals surface area contributed by atoms with Crippen LogP contribution in [0.5, 0.6) is 0 Å². The summed E-state index contributed by atoms with van der Waals surface area (Å²) in [6.45, 7) is 3.69. The number of anilines is 2. The number of methoxy groups -OCH3 is 1. The van der Waals surface area contributed by atoms with E-state index in [2.05, 4.69) is 16.7 Å². The molecule has 1 saturated heterocycles. The normalized spacial score (nSPS) is 15.4. The number of nitrogens with zero attached hydrogens (tertiary/aromatic N) is 1. The van der Waals surface area contributed by atoms with E-state index < -0.39 is 16.0 Å². The summed E-state index contributed by atoms with van der Waals surface area (Å²) in [5.74, 6) is -0.689. The van der Waals surface area contributed by atoms with Gasteiger partial charge in [-0.25, -0.2) is 13.2 Å². The Bertz CT molecular complexity index is 922. The molecular weight excluding hydrogens is 366 g/mol. The average Bonchev–Trinajstić information content (AvgIpc) is 2.68. The predicted octanol–water partition coefficient (Wildman–Crippen LogP) is 0.609. The van der Waals surface area contributed by atoms with Crippen LogP contribution in [0.4, 0.5) is 11.4 Å². The first-order chi connectivity index (χ1) is 12.9. The Balaban J connectivity index is 1.93. The fraction of sp³-hybridized carbons (Fsp3) is 0.316. The third kappa shape index (κ3) is 4.23. The summed E-state index contributed by atoms with van der Waals surface area (Å²) in [6, 6.07) is 13.3. The quantitative estimate of drug-likeness (QED) is 0.732. The van der Waals surface area contributed by atoms with Crippen LogP contribution in [0.25, 0.3) is 0 Å². The molecule has 0 bridgehead atoms. The highest BCUT2D eigenvalue weighted by molar-refractivity contribution is 7.92. The van der Waals surface area contributed by atoms with E-state index in [0.717, 1.165) is 31.9 Å². The lowest BCUT2D eigenvalue weighted by Crippen LogP contribution is -3.12. The smallest absolute Gasteiger partial charge is 0.339 e. The Morgan fingerprint density at radius 2 is 1.70 bits per heavy atom. The molecule has 2 aromatic rings. The molecule has 0 radical (unpaired) electrons. The number of hydrogen-bond donors (Lipinski definition) is 2. The Morgan fingerprint density at radius 1 is 1.07 bits per heavy atom. The van der Waals surface area contributed by atoms with Crippen LogP contribution in [0.15, 0.2) is 53.4 Å². The van der Waals surface area contributed by atoms with Gasteiger partial charge in [-0.15, -0.1) is 0 Å². The zero-order valence-corrected chi connectivity index (χ0v) is 16.3. The van der Waals surface area contributed by atoms with Crippen molar-refractivity contribution >= 4 is 27.4 Å². The number of para-hydroxylation sites is 2. The van der Waals surface area contributed by atoms with Crippen LogP contribution in [0.3, 0.4) is 0 Å². The number of benzene rings is 2. The summed E-state index contributed by atoms with van der Waals surface area (Å²) in [4.78, 5) is 15.5. The number of sulfonamides is 1. The van der Waals surface area contributed by atoms with E-state index in [1.165, 1.54) is 24.1 Å². The molecule has 0 unspecified atom stereocenters. The van der Waals surface area contributed by atoms with Crippen molar-refractivity contribution in [2.45, 2.75) is 4.90 Å². The maximum absolute atomic E-state index is 13.0. The van der Waals surface area contributed by atoms with Crippen molar-refractivity contribution in [3.05, 3.63) is 54.1 Å². The number of quaternary nitrogens is 1. The van der Waals surface area contributed by atoms with Crippen molar-refractivity contribution in [1.29, 1.82) is 0 Å². The molecule has 0 aliphatic carbocycles. The number of carbonyl (C=O) groups excluding carboxylic acids is 1. The number of likely N-dealkylation sites (N-methyl/N-ethyl adjacent to an activating group) is 1. The molecule has 1 aliphatic heterocycles. The monoisotopic (exact) mass is 390 g/mol. The second kappa shape index (κ2) is 7.98. The van der Waals surface area contributed by atoms with Crippen LogP contribution >= 0.6 is 0 Å². The Labute approximate surface area is 159 Å². The number of ether oxygens (including phenoxy) is 1.